The minimum absolute atomic E-state index is 0.0819. The van der Waals surface area contributed by atoms with Crippen molar-refractivity contribution in [2.24, 2.45) is 0 Å². The van der Waals surface area contributed by atoms with Crippen LogP contribution in [0.4, 0.5) is 24.5 Å². The van der Waals surface area contributed by atoms with Crippen LogP contribution in [0.15, 0.2) is 42.5 Å². The number of thiocarbonyl (C=S) groups is 1. The van der Waals surface area contributed by atoms with Crippen molar-refractivity contribution in [2.45, 2.75) is 25.9 Å². The van der Waals surface area contributed by atoms with Gasteiger partial charge in [-0.05, 0) is 68.4 Å². The predicted molar refractivity (Wildman–Crippen MR) is 114 cm³/mol. The molecule has 1 heterocycles. The molecule has 0 spiro atoms. The molecule has 1 aliphatic heterocycles. The topological polar surface area (TPSA) is 53.6 Å². The smallest absolute Gasteiger partial charge is 0.416 e. The van der Waals surface area contributed by atoms with Crippen LogP contribution >= 0.6 is 12.2 Å². The summed E-state index contributed by atoms with van der Waals surface area (Å²) in [7, 11) is 0. The Hall–Kier alpha value is -2.81. The van der Waals surface area contributed by atoms with Gasteiger partial charge in [-0.3, -0.25) is 10.1 Å². The zero-order valence-corrected chi connectivity index (χ0v) is 17.2. The molecule has 0 aromatic heterocycles. The third-order valence-corrected chi connectivity index (χ3v) is 4.86. The van der Waals surface area contributed by atoms with Crippen molar-refractivity contribution < 1.29 is 22.7 Å². The number of anilines is 2. The molecule has 160 valence electrons. The fraction of sp³-hybridized carbons (Fsp3) is 0.333. The number of carbonyl (C=O) groups is 1. The summed E-state index contributed by atoms with van der Waals surface area (Å²) in [5.74, 6) is 0.0574. The van der Waals surface area contributed by atoms with Gasteiger partial charge in [0.25, 0.3) is 5.91 Å². The first-order valence-corrected chi connectivity index (χ1v) is 10.00. The van der Waals surface area contributed by atoms with E-state index in [1.807, 2.05) is 11.8 Å². The highest BCUT2D eigenvalue weighted by Gasteiger charge is 2.32. The zero-order chi connectivity index (χ0) is 21.7. The van der Waals surface area contributed by atoms with Crippen molar-refractivity contribution in [1.82, 2.24) is 5.32 Å². The van der Waals surface area contributed by atoms with E-state index in [9.17, 15) is 18.0 Å². The van der Waals surface area contributed by atoms with Crippen molar-refractivity contribution in [3.05, 3.63) is 53.6 Å². The summed E-state index contributed by atoms with van der Waals surface area (Å²) in [4.78, 5) is 14.5. The van der Waals surface area contributed by atoms with Crippen LogP contribution in [-0.2, 0) is 6.18 Å². The second-order valence-corrected chi connectivity index (χ2v) is 7.20. The highest BCUT2D eigenvalue weighted by atomic mass is 32.1. The lowest BCUT2D eigenvalue weighted by molar-refractivity contribution is -0.137. The quantitative estimate of drug-likeness (QED) is 0.657. The van der Waals surface area contributed by atoms with Crippen molar-refractivity contribution in [2.75, 3.05) is 29.9 Å². The molecule has 9 heteroatoms. The number of ether oxygens (including phenoxy) is 1. The first kappa shape index (κ1) is 21.9. The SMILES string of the molecule is CCOc1cccc(C(=O)NC(=S)Nc2cc(C(F)(F)F)ccc2N2CCCC2)c1. The number of nitrogens with one attached hydrogen (secondary N) is 2. The summed E-state index contributed by atoms with van der Waals surface area (Å²) >= 11 is 5.19. The van der Waals surface area contributed by atoms with E-state index in [1.165, 1.54) is 6.07 Å². The van der Waals surface area contributed by atoms with Gasteiger partial charge in [0, 0.05) is 18.7 Å². The molecule has 1 amide bonds. The first-order chi connectivity index (χ1) is 14.3. The number of rotatable bonds is 5. The first-order valence-electron chi connectivity index (χ1n) is 9.59. The predicted octanol–water partition coefficient (Wildman–Crippen LogP) is 4.83. The number of carbonyl (C=O) groups excluding carboxylic acids is 1. The van der Waals surface area contributed by atoms with Crippen LogP contribution < -0.4 is 20.3 Å². The Morgan fingerprint density at radius 1 is 1.17 bits per heavy atom. The van der Waals surface area contributed by atoms with E-state index >= 15 is 0 Å². The molecule has 0 aliphatic carbocycles. The summed E-state index contributed by atoms with van der Waals surface area (Å²) in [5, 5.41) is 5.20. The minimum atomic E-state index is -4.48. The molecule has 2 N–H and O–H groups in total. The van der Waals surface area contributed by atoms with E-state index in [0.29, 0.717) is 23.6 Å². The van der Waals surface area contributed by atoms with Gasteiger partial charge in [-0.25, -0.2) is 0 Å². The molecular weight excluding hydrogens is 415 g/mol. The Labute approximate surface area is 178 Å². The third-order valence-electron chi connectivity index (χ3n) is 4.65. The van der Waals surface area contributed by atoms with Crippen molar-refractivity contribution >= 4 is 34.6 Å². The number of nitrogens with zero attached hydrogens (tertiary/aromatic N) is 1. The maximum absolute atomic E-state index is 13.2. The van der Waals surface area contributed by atoms with E-state index in [0.717, 1.165) is 38.1 Å². The van der Waals surface area contributed by atoms with Crippen LogP contribution in [0.2, 0.25) is 0 Å². The van der Waals surface area contributed by atoms with E-state index in [4.69, 9.17) is 17.0 Å². The molecule has 30 heavy (non-hydrogen) atoms. The maximum Gasteiger partial charge on any atom is 0.416 e. The van der Waals surface area contributed by atoms with Gasteiger partial charge in [0.2, 0.25) is 0 Å². The molecule has 0 atom stereocenters. The summed E-state index contributed by atoms with van der Waals surface area (Å²) in [6.07, 6.45) is -2.54. The number of hydrogen-bond acceptors (Lipinski definition) is 4. The average molecular weight is 437 g/mol. The van der Waals surface area contributed by atoms with Gasteiger partial charge < -0.3 is 15.0 Å². The van der Waals surface area contributed by atoms with Gasteiger partial charge >= 0.3 is 6.18 Å². The van der Waals surface area contributed by atoms with E-state index in [2.05, 4.69) is 10.6 Å². The van der Waals surface area contributed by atoms with Crippen LogP contribution in [-0.4, -0.2) is 30.7 Å². The molecule has 1 aliphatic rings. The Bertz CT molecular complexity index is 928. The van der Waals surface area contributed by atoms with Crippen LogP contribution in [0.5, 0.6) is 5.75 Å². The number of alkyl halides is 3. The highest BCUT2D eigenvalue weighted by Crippen LogP contribution is 2.36. The van der Waals surface area contributed by atoms with Gasteiger partial charge in [-0.1, -0.05) is 6.07 Å². The molecule has 1 saturated heterocycles. The monoisotopic (exact) mass is 437 g/mol. The maximum atomic E-state index is 13.2. The van der Waals surface area contributed by atoms with Gasteiger partial charge in [-0.2, -0.15) is 13.2 Å². The van der Waals surface area contributed by atoms with Gasteiger partial charge in [0.05, 0.1) is 23.5 Å². The Morgan fingerprint density at radius 2 is 1.90 bits per heavy atom. The fourth-order valence-corrected chi connectivity index (χ4v) is 3.47. The summed E-state index contributed by atoms with van der Waals surface area (Å²) in [6, 6.07) is 10.1. The summed E-state index contributed by atoms with van der Waals surface area (Å²) < 4.78 is 44.9. The number of amides is 1. The third kappa shape index (κ3) is 5.41. The van der Waals surface area contributed by atoms with Gasteiger partial charge in [-0.15, -0.1) is 0 Å². The van der Waals surface area contributed by atoms with Crippen LogP contribution in [0.3, 0.4) is 0 Å². The standard InChI is InChI=1S/C21H22F3N3O2S/c1-2-29-16-7-5-6-14(12-16)19(28)26-20(30)25-17-13-15(21(22,23)24)8-9-18(17)27-10-3-4-11-27/h5-9,12-13H,2-4,10-11H2,1H3,(H2,25,26,28,30). The minimum Gasteiger partial charge on any atom is -0.494 e. The highest BCUT2D eigenvalue weighted by molar-refractivity contribution is 7.80. The van der Waals surface area contributed by atoms with E-state index in [-0.39, 0.29) is 10.8 Å². The van der Waals surface area contributed by atoms with Crippen molar-refractivity contribution in [1.29, 1.82) is 0 Å². The molecule has 1 fully saturated rings. The number of hydrogen-bond donors (Lipinski definition) is 2. The molecule has 0 saturated carbocycles. The molecule has 2 aromatic rings. The molecule has 5 nitrogen and oxygen atoms in total. The van der Waals surface area contributed by atoms with E-state index in [1.54, 1.807) is 24.3 Å². The lowest BCUT2D eigenvalue weighted by Crippen LogP contribution is -2.34. The lowest BCUT2D eigenvalue weighted by Gasteiger charge is -2.23. The van der Waals surface area contributed by atoms with Gasteiger partial charge in [0.1, 0.15) is 5.75 Å². The number of halogens is 3. The lowest BCUT2D eigenvalue weighted by atomic mass is 10.1. The van der Waals surface area contributed by atoms with Crippen molar-refractivity contribution in [3.63, 3.8) is 0 Å². The second kappa shape index (κ2) is 9.34. The fourth-order valence-electron chi connectivity index (χ4n) is 3.27. The van der Waals surface area contributed by atoms with Gasteiger partial charge in [0.15, 0.2) is 5.11 Å². The Kier molecular flexibility index (Phi) is 6.81. The molecular formula is C21H22F3N3O2S. The molecule has 2 aromatic carbocycles. The average Bonchev–Trinajstić information content (AvgIpc) is 3.22. The van der Waals surface area contributed by atoms with Crippen LogP contribution in [0.1, 0.15) is 35.7 Å². The Morgan fingerprint density at radius 3 is 2.57 bits per heavy atom. The largest absolute Gasteiger partial charge is 0.494 e. The normalized spacial score (nSPS) is 13.8. The number of benzene rings is 2. The molecule has 0 bridgehead atoms. The van der Waals surface area contributed by atoms with Crippen LogP contribution in [0, 0.1) is 0 Å². The summed E-state index contributed by atoms with van der Waals surface area (Å²) in [5.41, 5.74) is 0.371. The summed E-state index contributed by atoms with van der Waals surface area (Å²) in [6.45, 7) is 3.80. The zero-order valence-electron chi connectivity index (χ0n) is 16.4. The molecule has 0 radical (unpaired) electrons. The second-order valence-electron chi connectivity index (χ2n) is 6.79. The van der Waals surface area contributed by atoms with E-state index < -0.39 is 17.6 Å². The molecule has 0 unspecified atom stereocenters. The Balaban J connectivity index is 1.77. The van der Waals surface area contributed by atoms with Crippen molar-refractivity contribution in [3.8, 4) is 5.75 Å². The molecule has 3 rings (SSSR count). The van der Waals surface area contributed by atoms with Crippen LogP contribution in [0.25, 0.3) is 0 Å².